The third-order valence-electron chi connectivity index (χ3n) is 6.24. The molecule has 142 valence electrons. The first kappa shape index (κ1) is 17.4. The number of halogens is 1. The normalized spacial score (nSPS) is 17.0. The fourth-order valence-corrected chi connectivity index (χ4v) is 5.26. The van der Waals surface area contributed by atoms with Gasteiger partial charge in [0.1, 0.15) is 0 Å². The summed E-state index contributed by atoms with van der Waals surface area (Å²) in [6.07, 6.45) is 1.89. The van der Waals surface area contributed by atoms with Crippen LogP contribution in [0.5, 0.6) is 0 Å². The van der Waals surface area contributed by atoms with Crippen molar-refractivity contribution in [3.05, 3.63) is 137 Å². The summed E-state index contributed by atoms with van der Waals surface area (Å²) in [5.41, 5.74) is 6.64. The minimum Gasteiger partial charge on any atom is -0.260 e. The molecular weight excluding hydrogens is 386 g/mol. The van der Waals surface area contributed by atoms with Gasteiger partial charge in [0.2, 0.25) is 0 Å². The Bertz CT molecular complexity index is 1350. The van der Waals surface area contributed by atoms with E-state index in [2.05, 4.69) is 91.0 Å². The second kappa shape index (κ2) is 6.55. The third-order valence-corrected chi connectivity index (χ3v) is 6.47. The van der Waals surface area contributed by atoms with Gasteiger partial charge in [0, 0.05) is 11.2 Å². The zero-order valence-corrected chi connectivity index (χ0v) is 17.0. The molecule has 1 heterocycles. The highest BCUT2D eigenvalue weighted by Crippen LogP contribution is 2.57. The van der Waals surface area contributed by atoms with Gasteiger partial charge in [-0.15, -0.1) is 0 Å². The maximum atomic E-state index is 6.48. The van der Waals surface area contributed by atoms with Crippen LogP contribution < -0.4 is 0 Å². The second-order valence-corrected chi connectivity index (χ2v) is 8.17. The number of hydrogen-bond donors (Lipinski definition) is 0. The standard InChI is InChI=1S/C28H18ClN/c29-21-14-16-25-24(18-21)23-15-13-19-8-4-5-11-22(19)27(23)28(25,20-9-2-1-3-10-20)26-12-6-7-17-30-26/h1-18H. The summed E-state index contributed by atoms with van der Waals surface area (Å²) < 4.78 is 0. The highest BCUT2D eigenvalue weighted by atomic mass is 35.5. The molecule has 1 aliphatic carbocycles. The Labute approximate surface area is 180 Å². The van der Waals surface area contributed by atoms with E-state index < -0.39 is 5.41 Å². The summed E-state index contributed by atoms with van der Waals surface area (Å²) >= 11 is 6.48. The predicted octanol–water partition coefficient (Wildman–Crippen LogP) is 7.25. The number of aromatic nitrogens is 1. The molecule has 1 atom stereocenters. The zero-order chi connectivity index (χ0) is 20.1. The molecule has 30 heavy (non-hydrogen) atoms. The van der Waals surface area contributed by atoms with Gasteiger partial charge in [-0.05, 0) is 62.9 Å². The Balaban J connectivity index is 1.88. The largest absolute Gasteiger partial charge is 0.260 e. The van der Waals surface area contributed by atoms with Crippen molar-refractivity contribution in [2.75, 3.05) is 0 Å². The van der Waals surface area contributed by atoms with Gasteiger partial charge in [-0.25, -0.2) is 0 Å². The van der Waals surface area contributed by atoms with E-state index in [0.29, 0.717) is 0 Å². The van der Waals surface area contributed by atoms with Crippen molar-refractivity contribution < 1.29 is 0 Å². The van der Waals surface area contributed by atoms with Crippen molar-refractivity contribution in [2.24, 2.45) is 0 Å². The maximum Gasteiger partial charge on any atom is 0.0891 e. The zero-order valence-electron chi connectivity index (χ0n) is 16.2. The molecule has 2 heteroatoms. The van der Waals surface area contributed by atoms with Crippen LogP contribution in [0.4, 0.5) is 0 Å². The Kier molecular flexibility index (Phi) is 3.81. The summed E-state index contributed by atoms with van der Waals surface area (Å²) in [7, 11) is 0. The molecule has 1 unspecified atom stereocenters. The van der Waals surface area contributed by atoms with E-state index >= 15 is 0 Å². The van der Waals surface area contributed by atoms with Gasteiger partial charge in [-0.3, -0.25) is 4.98 Å². The van der Waals surface area contributed by atoms with E-state index in [1.165, 1.54) is 38.6 Å². The first-order chi connectivity index (χ1) is 14.8. The smallest absolute Gasteiger partial charge is 0.0891 e. The molecule has 0 spiro atoms. The average Bonchev–Trinajstić information content (AvgIpc) is 3.11. The number of benzene rings is 4. The minimum absolute atomic E-state index is 0.501. The van der Waals surface area contributed by atoms with Crippen LogP contribution in [-0.4, -0.2) is 4.98 Å². The lowest BCUT2D eigenvalue weighted by molar-refractivity contribution is 0.741. The molecular formula is C28H18ClN. The Morgan fingerprint density at radius 1 is 0.667 bits per heavy atom. The quantitative estimate of drug-likeness (QED) is 0.296. The SMILES string of the molecule is Clc1ccc2c(c1)-c1ccc3ccccc3c1C2(c1ccccc1)c1ccccn1. The van der Waals surface area contributed by atoms with Crippen LogP contribution in [0, 0.1) is 0 Å². The molecule has 0 aliphatic heterocycles. The highest BCUT2D eigenvalue weighted by molar-refractivity contribution is 6.31. The molecule has 1 aromatic heterocycles. The first-order valence-corrected chi connectivity index (χ1v) is 10.5. The molecule has 0 radical (unpaired) electrons. The van der Waals surface area contributed by atoms with E-state index in [9.17, 15) is 0 Å². The number of fused-ring (bicyclic) bond motifs is 5. The summed E-state index contributed by atoms with van der Waals surface area (Å²) in [5.74, 6) is 0. The van der Waals surface area contributed by atoms with Crippen LogP contribution in [0.1, 0.15) is 22.4 Å². The van der Waals surface area contributed by atoms with Crippen LogP contribution in [0.3, 0.4) is 0 Å². The molecule has 0 saturated carbocycles. The number of pyridine rings is 1. The van der Waals surface area contributed by atoms with Gasteiger partial charge in [-0.2, -0.15) is 0 Å². The third kappa shape index (κ3) is 2.27. The number of rotatable bonds is 2. The van der Waals surface area contributed by atoms with Crippen molar-refractivity contribution in [2.45, 2.75) is 5.41 Å². The topological polar surface area (TPSA) is 12.9 Å². The lowest BCUT2D eigenvalue weighted by atomic mass is 9.68. The number of hydrogen-bond acceptors (Lipinski definition) is 1. The van der Waals surface area contributed by atoms with Gasteiger partial charge in [-0.1, -0.05) is 90.5 Å². The fourth-order valence-electron chi connectivity index (χ4n) is 5.09. The Hall–Kier alpha value is -3.42. The molecule has 0 N–H and O–H groups in total. The molecule has 0 bridgehead atoms. The van der Waals surface area contributed by atoms with Crippen LogP contribution >= 0.6 is 11.6 Å². The lowest BCUT2D eigenvalue weighted by Gasteiger charge is -2.33. The maximum absolute atomic E-state index is 6.48. The van der Waals surface area contributed by atoms with E-state index in [-0.39, 0.29) is 0 Å². The monoisotopic (exact) mass is 403 g/mol. The Morgan fingerprint density at radius 3 is 2.30 bits per heavy atom. The van der Waals surface area contributed by atoms with Crippen molar-refractivity contribution in [3.63, 3.8) is 0 Å². The molecule has 0 amide bonds. The molecule has 4 aromatic carbocycles. The van der Waals surface area contributed by atoms with Gasteiger partial charge in [0.05, 0.1) is 11.1 Å². The van der Waals surface area contributed by atoms with E-state index in [1.807, 2.05) is 18.3 Å². The fraction of sp³-hybridized carbons (Fsp3) is 0.0357. The molecule has 0 saturated heterocycles. The minimum atomic E-state index is -0.501. The first-order valence-electron chi connectivity index (χ1n) is 10.1. The summed E-state index contributed by atoms with van der Waals surface area (Å²) in [6.45, 7) is 0. The van der Waals surface area contributed by atoms with Crippen LogP contribution in [0.25, 0.3) is 21.9 Å². The Morgan fingerprint density at radius 2 is 1.47 bits per heavy atom. The van der Waals surface area contributed by atoms with Crippen molar-refractivity contribution in [1.29, 1.82) is 0 Å². The second-order valence-electron chi connectivity index (χ2n) is 7.73. The molecule has 1 nitrogen and oxygen atoms in total. The van der Waals surface area contributed by atoms with Gasteiger partial charge >= 0.3 is 0 Å². The van der Waals surface area contributed by atoms with Crippen LogP contribution in [0.2, 0.25) is 5.02 Å². The summed E-state index contributed by atoms with van der Waals surface area (Å²) in [4.78, 5) is 4.90. The van der Waals surface area contributed by atoms with E-state index in [4.69, 9.17) is 16.6 Å². The number of nitrogens with zero attached hydrogens (tertiary/aromatic N) is 1. The average molecular weight is 404 g/mol. The lowest BCUT2D eigenvalue weighted by Crippen LogP contribution is -2.30. The summed E-state index contributed by atoms with van der Waals surface area (Å²) in [5, 5.41) is 3.22. The van der Waals surface area contributed by atoms with Crippen LogP contribution in [-0.2, 0) is 5.41 Å². The van der Waals surface area contributed by atoms with Gasteiger partial charge in [0.15, 0.2) is 0 Å². The van der Waals surface area contributed by atoms with E-state index in [0.717, 1.165) is 10.7 Å². The van der Waals surface area contributed by atoms with Crippen molar-refractivity contribution in [3.8, 4) is 11.1 Å². The molecule has 1 aliphatic rings. The van der Waals surface area contributed by atoms with Gasteiger partial charge < -0.3 is 0 Å². The van der Waals surface area contributed by atoms with Crippen molar-refractivity contribution in [1.82, 2.24) is 4.98 Å². The van der Waals surface area contributed by atoms with E-state index in [1.54, 1.807) is 0 Å². The highest BCUT2D eigenvalue weighted by Gasteiger charge is 2.48. The summed E-state index contributed by atoms with van der Waals surface area (Å²) in [6, 6.07) is 36.2. The predicted molar refractivity (Wildman–Crippen MR) is 124 cm³/mol. The van der Waals surface area contributed by atoms with Gasteiger partial charge in [0.25, 0.3) is 0 Å². The molecule has 5 aromatic rings. The van der Waals surface area contributed by atoms with Crippen LogP contribution in [0.15, 0.2) is 109 Å². The molecule has 6 rings (SSSR count). The molecule has 0 fully saturated rings. The van der Waals surface area contributed by atoms with Crippen molar-refractivity contribution >= 4 is 22.4 Å².